The lowest BCUT2D eigenvalue weighted by Crippen LogP contribution is -2.32. The average Bonchev–Trinajstić information content (AvgIpc) is 2.36. The number of hydrogen-bond acceptors (Lipinski definition) is 5. The van der Waals surface area contributed by atoms with E-state index in [1.54, 1.807) is 13.0 Å². The van der Waals surface area contributed by atoms with Crippen LogP contribution >= 0.6 is 0 Å². The Labute approximate surface area is 126 Å². The third kappa shape index (κ3) is 5.18. The van der Waals surface area contributed by atoms with E-state index >= 15 is 0 Å². The van der Waals surface area contributed by atoms with E-state index in [0.717, 1.165) is 0 Å². The first-order valence-electron chi connectivity index (χ1n) is 6.96. The third-order valence-electron chi connectivity index (χ3n) is 3.35. The van der Waals surface area contributed by atoms with Gasteiger partial charge < -0.3 is 15.5 Å². The smallest absolute Gasteiger partial charge is 0.211 e. The van der Waals surface area contributed by atoms with E-state index in [1.165, 1.54) is 22.7 Å². The van der Waals surface area contributed by atoms with Crippen molar-refractivity contribution in [3.8, 4) is 11.5 Å². The number of nitrogens with one attached hydrogen (secondary N) is 1. The molecule has 21 heavy (non-hydrogen) atoms. The van der Waals surface area contributed by atoms with Crippen LogP contribution in [-0.4, -0.2) is 48.8 Å². The summed E-state index contributed by atoms with van der Waals surface area (Å²) in [6.07, 6.45) is 1.85. The van der Waals surface area contributed by atoms with Crippen LogP contribution < -0.4 is 5.32 Å². The van der Waals surface area contributed by atoms with Gasteiger partial charge in [0.1, 0.15) is 11.5 Å². The van der Waals surface area contributed by atoms with Gasteiger partial charge in [0, 0.05) is 19.1 Å². The summed E-state index contributed by atoms with van der Waals surface area (Å²) in [6, 6.07) is 4.40. The first-order chi connectivity index (χ1) is 9.77. The van der Waals surface area contributed by atoms with Gasteiger partial charge in [0.05, 0.1) is 11.8 Å². The lowest BCUT2D eigenvalue weighted by atomic mass is 10.1. The van der Waals surface area contributed by atoms with Gasteiger partial charge in [-0.15, -0.1) is 0 Å². The normalized spacial score (nSPS) is 13.5. The maximum atomic E-state index is 11.4. The summed E-state index contributed by atoms with van der Waals surface area (Å²) >= 11 is 0. The largest absolute Gasteiger partial charge is 0.507 e. The minimum atomic E-state index is -3.16. The lowest BCUT2D eigenvalue weighted by molar-refractivity contribution is 0.401. The van der Waals surface area contributed by atoms with Gasteiger partial charge in [0.15, 0.2) is 0 Å². The van der Waals surface area contributed by atoms with Crippen molar-refractivity contribution >= 4 is 10.0 Å². The second-order valence-corrected chi connectivity index (χ2v) is 6.98. The first-order valence-corrected chi connectivity index (χ1v) is 8.81. The number of phenolic OH excluding ortho intramolecular Hbond substituents is 2. The molecule has 0 radical (unpaired) electrons. The van der Waals surface area contributed by atoms with Crippen LogP contribution in [0.15, 0.2) is 18.2 Å². The molecule has 0 saturated carbocycles. The van der Waals surface area contributed by atoms with Gasteiger partial charge in [-0.2, -0.15) is 0 Å². The molecule has 0 aromatic heterocycles. The maximum Gasteiger partial charge on any atom is 0.211 e. The van der Waals surface area contributed by atoms with E-state index in [1.807, 2.05) is 6.92 Å². The Bertz CT molecular complexity index is 540. The summed E-state index contributed by atoms with van der Waals surface area (Å²) in [6.45, 7) is 5.12. The highest BCUT2D eigenvalue weighted by Crippen LogP contribution is 2.31. The molecule has 6 nitrogen and oxygen atoms in total. The lowest BCUT2D eigenvalue weighted by Gasteiger charge is -2.20. The Morgan fingerprint density at radius 2 is 1.86 bits per heavy atom. The van der Waals surface area contributed by atoms with E-state index in [-0.39, 0.29) is 17.5 Å². The summed E-state index contributed by atoms with van der Waals surface area (Å²) in [5, 5.41) is 22.7. The number of benzene rings is 1. The number of aromatic hydroxyl groups is 2. The second-order valence-electron chi connectivity index (χ2n) is 4.99. The molecule has 1 aromatic carbocycles. The van der Waals surface area contributed by atoms with Crippen LogP contribution in [0.5, 0.6) is 11.5 Å². The van der Waals surface area contributed by atoms with E-state index in [0.29, 0.717) is 31.6 Å². The minimum absolute atomic E-state index is 0.0429. The van der Waals surface area contributed by atoms with Crippen LogP contribution in [0.4, 0.5) is 0 Å². The van der Waals surface area contributed by atoms with Crippen molar-refractivity contribution in [1.29, 1.82) is 0 Å². The van der Waals surface area contributed by atoms with Crippen molar-refractivity contribution < 1.29 is 18.6 Å². The van der Waals surface area contributed by atoms with Crippen LogP contribution in [0, 0.1) is 0 Å². The molecule has 0 aliphatic heterocycles. The Morgan fingerprint density at radius 1 is 1.29 bits per heavy atom. The molecular formula is C14H24N2O4S. The molecule has 3 N–H and O–H groups in total. The number of hydrogen-bond donors (Lipinski definition) is 3. The zero-order chi connectivity index (χ0) is 16.0. The van der Waals surface area contributed by atoms with Crippen LogP contribution in [0.3, 0.4) is 0 Å². The monoisotopic (exact) mass is 316 g/mol. The highest BCUT2D eigenvalue weighted by molar-refractivity contribution is 7.88. The molecule has 120 valence electrons. The van der Waals surface area contributed by atoms with Crippen molar-refractivity contribution in [2.45, 2.75) is 26.3 Å². The molecule has 0 fully saturated rings. The third-order valence-corrected chi connectivity index (χ3v) is 4.73. The average molecular weight is 316 g/mol. The van der Waals surface area contributed by atoms with Gasteiger partial charge in [-0.05, 0) is 32.0 Å². The Morgan fingerprint density at radius 3 is 2.33 bits per heavy atom. The molecule has 0 amide bonds. The van der Waals surface area contributed by atoms with Crippen LogP contribution in [0.2, 0.25) is 0 Å². The van der Waals surface area contributed by atoms with Gasteiger partial charge in [-0.3, -0.25) is 0 Å². The predicted molar refractivity (Wildman–Crippen MR) is 82.9 cm³/mol. The van der Waals surface area contributed by atoms with Crippen LogP contribution in [0.25, 0.3) is 0 Å². The molecule has 1 aromatic rings. The number of rotatable bonds is 8. The number of nitrogens with zero attached hydrogens (tertiary/aromatic N) is 1. The molecule has 0 aliphatic rings. The van der Waals surface area contributed by atoms with Gasteiger partial charge in [-0.1, -0.05) is 13.0 Å². The quantitative estimate of drug-likeness (QED) is 0.631. The fraction of sp³-hybridized carbons (Fsp3) is 0.571. The summed E-state index contributed by atoms with van der Waals surface area (Å²) in [5.41, 5.74) is 0.452. The molecule has 0 bridgehead atoms. The molecule has 0 saturated heterocycles. The van der Waals surface area contributed by atoms with E-state index < -0.39 is 10.0 Å². The van der Waals surface area contributed by atoms with Gasteiger partial charge in [0.25, 0.3) is 0 Å². The number of sulfonamides is 1. The van der Waals surface area contributed by atoms with E-state index in [9.17, 15) is 18.6 Å². The fourth-order valence-corrected chi connectivity index (χ4v) is 3.15. The second kappa shape index (κ2) is 7.63. The van der Waals surface area contributed by atoms with Gasteiger partial charge >= 0.3 is 0 Å². The highest BCUT2D eigenvalue weighted by atomic mass is 32.2. The molecular weight excluding hydrogens is 292 g/mol. The zero-order valence-corrected chi connectivity index (χ0v) is 13.5. The minimum Gasteiger partial charge on any atom is -0.507 e. The number of phenols is 2. The van der Waals surface area contributed by atoms with E-state index in [2.05, 4.69) is 5.32 Å². The molecule has 0 aliphatic carbocycles. The van der Waals surface area contributed by atoms with Crippen molar-refractivity contribution in [1.82, 2.24) is 9.62 Å². The highest BCUT2D eigenvalue weighted by Gasteiger charge is 2.16. The van der Waals surface area contributed by atoms with Crippen molar-refractivity contribution in [2.75, 3.05) is 25.9 Å². The Kier molecular flexibility index (Phi) is 6.44. The topological polar surface area (TPSA) is 89.9 Å². The summed E-state index contributed by atoms with van der Waals surface area (Å²) in [7, 11) is -3.16. The van der Waals surface area contributed by atoms with Crippen molar-refractivity contribution in [2.24, 2.45) is 0 Å². The summed E-state index contributed by atoms with van der Waals surface area (Å²) in [4.78, 5) is 0. The van der Waals surface area contributed by atoms with Crippen molar-refractivity contribution in [3.05, 3.63) is 23.8 Å². The van der Waals surface area contributed by atoms with Crippen molar-refractivity contribution in [3.63, 3.8) is 0 Å². The van der Waals surface area contributed by atoms with Crippen LogP contribution in [0.1, 0.15) is 31.9 Å². The standard InChI is InChI=1S/C14H24N2O4S/c1-4-16(21(3,19)20)10-6-9-15-11(2)14-12(17)7-5-8-13(14)18/h5,7-8,11,15,17-18H,4,6,9-10H2,1-3H3. The first kappa shape index (κ1) is 17.7. The zero-order valence-electron chi connectivity index (χ0n) is 12.7. The SMILES string of the molecule is CCN(CCCNC(C)c1c(O)cccc1O)S(C)(=O)=O. The Hall–Kier alpha value is -1.31. The van der Waals surface area contributed by atoms with Gasteiger partial charge in [-0.25, -0.2) is 12.7 Å². The molecule has 1 atom stereocenters. The maximum absolute atomic E-state index is 11.4. The fourth-order valence-electron chi connectivity index (χ4n) is 2.22. The summed E-state index contributed by atoms with van der Waals surface area (Å²) in [5.74, 6) is 0.0858. The van der Waals surface area contributed by atoms with Gasteiger partial charge in [0.2, 0.25) is 10.0 Å². The predicted octanol–water partition coefficient (Wildman–Crippen LogP) is 1.42. The van der Waals surface area contributed by atoms with Crippen LogP contribution in [-0.2, 0) is 10.0 Å². The summed E-state index contributed by atoms with van der Waals surface area (Å²) < 4.78 is 24.3. The molecule has 0 heterocycles. The molecule has 1 unspecified atom stereocenters. The Balaban J connectivity index is 2.49. The van der Waals surface area contributed by atoms with E-state index in [4.69, 9.17) is 0 Å². The molecule has 1 rings (SSSR count). The molecule has 0 spiro atoms. The molecule has 7 heteroatoms.